The first-order valence-corrected chi connectivity index (χ1v) is 7.88. The normalized spacial score (nSPS) is 11.1. The van der Waals surface area contributed by atoms with E-state index in [4.69, 9.17) is 20.0 Å². The number of benzene rings is 2. The van der Waals surface area contributed by atoms with Crippen LogP contribution < -0.4 is 20.4 Å². The van der Waals surface area contributed by atoms with Gasteiger partial charge in [-0.15, -0.1) is 0 Å². The highest BCUT2D eigenvalue weighted by atomic mass is 16.7. The van der Waals surface area contributed by atoms with Crippen molar-refractivity contribution in [1.29, 1.82) is 0 Å². The molecule has 0 spiro atoms. The summed E-state index contributed by atoms with van der Waals surface area (Å²) >= 11 is 0. The highest BCUT2D eigenvalue weighted by molar-refractivity contribution is 5.77. The molecule has 0 amide bonds. The molecule has 0 aromatic heterocycles. The van der Waals surface area contributed by atoms with Crippen LogP contribution in [0.2, 0.25) is 0 Å². The van der Waals surface area contributed by atoms with E-state index < -0.39 is 5.97 Å². The van der Waals surface area contributed by atoms with Crippen LogP contribution in [0.3, 0.4) is 0 Å². The fraction of sp³-hybridized carbons (Fsp3) is 0.263. The quantitative estimate of drug-likeness (QED) is 0.337. The van der Waals surface area contributed by atoms with Crippen molar-refractivity contribution >= 4 is 11.8 Å². The fourth-order valence-corrected chi connectivity index (χ4v) is 2.10. The number of amidine groups is 1. The number of nitrogens with two attached hydrogens (primary N) is 1. The number of aryl methyl sites for hydroxylation is 2. The van der Waals surface area contributed by atoms with Crippen LogP contribution in [0.4, 0.5) is 0 Å². The van der Waals surface area contributed by atoms with Crippen LogP contribution in [0.1, 0.15) is 16.7 Å². The molecule has 0 aliphatic carbocycles. The summed E-state index contributed by atoms with van der Waals surface area (Å²) in [5.41, 5.74) is 9.05. The largest absolute Gasteiger partial charge is 0.497 e. The van der Waals surface area contributed by atoms with Gasteiger partial charge in [0.2, 0.25) is 0 Å². The van der Waals surface area contributed by atoms with Crippen molar-refractivity contribution in [2.75, 3.05) is 13.7 Å². The molecule has 0 unspecified atom stereocenters. The Kier molecular flexibility index (Phi) is 6.39. The van der Waals surface area contributed by atoms with Crippen molar-refractivity contribution in [3.05, 3.63) is 59.2 Å². The third kappa shape index (κ3) is 5.84. The highest BCUT2D eigenvalue weighted by Gasteiger charge is 2.09. The van der Waals surface area contributed by atoms with Gasteiger partial charge in [-0.3, -0.25) is 10.6 Å². The molecule has 0 heterocycles. The summed E-state index contributed by atoms with van der Waals surface area (Å²) in [5, 5.41) is 2.45. The lowest BCUT2D eigenvalue weighted by Gasteiger charge is -2.06. The first-order chi connectivity index (χ1) is 12.0. The first kappa shape index (κ1) is 18.3. The molecule has 0 aliphatic rings. The molecular weight excluding hydrogens is 320 g/mol. The van der Waals surface area contributed by atoms with Gasteiger partial charge in [0.15, 0.2) is 6.61 Å². The lowest BCUT2D eigenvalue weighted by molar-refractivity contribution is -0.725. The van der Waals surface area contributed by atoms with Crippen LogP contribution >= 0.6 is 0 Å². The Bertz CT molecular complexity index is 755. The number of carbonyl (C=O) groups is 1. The van der Waals surface area contributed by atoms with E-state index in [-0.39, 0.29) is 6.61 Å². The van der Waals surface area contributed by atoms with E-state index in [9.17, 15) is 4.79 Å². The van der Waals surface area contributed by atoms with E-state index in [2.05, 4.69) is 5.16 Å². The molecule has 0 aliphatic heterocycles. The van der Waals surface area contributed by atoms with Gasteiger partial charge in [-0.2, -0.15) is 0 Å². The van der Waals surface area contributed by atoms with Gasteiger partial charge in [-0.1, -0.05) is 23.4 Å². The SMILES string of the molecule is COc1ccc(CC(N)=[NH+]OC(=O)COc2ccc(C)c(C)c2)cc1. The number of nitrogens with one attached hydrogen (secondary N) is 1. The Morgan fingerprint density at radius 1 is 1.04 bits per heavy atom. The zero-order chi connectivity index (χ0) is 18.2. The number of ether oxygens (including phenoxy) is 2. The topological polar surface area (TPSA) is 84.8 Å². The molecule has 0 atom stereocenters. The molecule has 2 aromatic carbocycles. The lowest BCUT2D eigenvalue weighted by Crippen LogP contribution is -2.76. The van der Waals surface area contributed by atoms with Gasteiger partial charge in [0.1, 0.15) is 11.5 Å². The molecule has 6 nitrogen and oxygen atoms in total. The smallest absolute Gasteiger partial charge is 0.394 e. The molecule has 2 aromatic rings. The van der Waals surface area contributed by atoms with Gasteiger partial charge in [0.05, 0.1) is 13.5 Å². The Balaban J connectivity index is 1.80. The van der Waals surface area contributed by atoms with Gasteiger partial charge in [0, 0.05) is 0 Å². The molecule has 0 saturated heterocycles. The molecule has 25 heavy (non-hydrogen) atoms. The van der Waals surface area contributed by atoms with Gasteiger partial charge < -0.3 is 9.47 Å². The van der Waals surface area contributed by atoms with Gasteiger partial charge in [-0.05, 0) is 54.8 Å². The Hall–Kier alpha value is -3.02. The van der Waals surface area contributed by atoms with Crippen molar-refractivity contribution in [3.63, 3.8) is 0 Å². The Morgan fingerprint density at radius 3 is 2.36 bits per heavy atom. The van der Waals surface area contributed by atoms with Crippen molar-refractivity contribution in [1.82, 2.24) is 0 Å². The minimum Gasteiger partial charge on any atom is -0.497 e. The predicted octanol–water partition coefficient (Wildman–Crippen LogP) is 0.830. The second kappa shape index (κ2) is 8.73. The van der Waals surface area contributed by atoms with Gasteiger partial charge in [-0.25, -0.2) is 4.79 Å². The van der Waals surface area contributed by atoms with Crippen LogP contribution in [0.5, 0.6) is 11.5 Å². The minimum atomic E-state index is -0.559. The van der Waals surface area contributed by atoms with Crippen LogP contribution in [0, 0.1) is 13.8 Å². The Labute approximate surface area is 147 Å². The summed E-state index contributed by atoms with van der Waals surface area (Å²) in [6, 6.07) is 13.1. The van der Waals surface area contributed by atoms with E-state index >= 15 is 0 Å². The van der Waals surface area contributed by atoms with E-state index in [1.165, 1.54) is 0 Å². The monoisotopic (exact) mass is 343 g/mol. The first-order valence-electron chi connectivity index (χ1n) is 7.88. The van der Waals surface area contributed by atoms with E-state index in [1.807, 2.05) is 56.3 Å². The van der Waals surface area contributed by atoms with Crippen molar-refractivity contribution in [2.24, 2.45) is 5.73 Å². The molecule has 0 saturated carbocycles. The second-order valence-corrected chi connectivity index (χ2v) is 5.66. The van der Waals surface area contributed by atoms with Crippen molar-refractivity contribution in [3.8, 4) is 11.5 Å². The second-order valence-electron chi connectivity index (χ2n) is 5.66. The van der Waals surface area contributed by atoms with E-state index in [0.29, 0.717) is 18.0 Å². The van der Waals surface area contributed by atoms with Crippen LogP contribution in [0.15, 0.2) is 42.5 Å². The number of rotatable bonds is 7. The maximum absolute atomic E-state index is 11.7. The zero-order valence-corrected chi connectivity index (χ0v) is 14.7. The summed E-state index contributed by atoms with van der Waals surface area (Å²) in [7, 11) is 1.61. The van der Waals surface area contributed by atoms with Crippen LogP contribution in [-0.2, 0) is 16.1 Å². The number of methoxy groups -OCH3 is 1. The molecule has 2 rings (SSSR count). The minimum absolute atomic E-state index is 0.203. The van der Waals surface area contributed by atoms with Crippen molar-refractivity contribution in [2.45, 2.75) is 20.3 Å². The van der Waals surface area contributed by atoms with Crippen molar-refractivity contribution < 1.29 is 24.3 Å². The number of carbonyl (C=O) groups excluding carboxylic acids is 1. The summed E-state index contributed by atoms with van der Waals surface area (Å²) in [6.07, 6.45) is 0.426. The number of hydrogen-bond donors (Lipinski definition) is 2. The summed E-state index contributed by atoms with van der Waals surface area (Å²) in [4.78, 5) is 16.6. The fourth-order valence-electron chi connectivity index (χ4n) is 2.10. The molecule has 3 N–H and O–H groups in total. The maximum Gasteiger partial charge on any atom is 0.394 e. The van der Waals surface area contributed by atoms with Gasteiger partial charge in [0.25, 0.3) is 5.84 Å². The average Bonchev–Trinajstić information content (AvgIpc) is 2.61. The summed E-state index contributed by atoms with van der Waals surface area (Å²) in [5.74, 6) is 1.15. The molecule has 0 bridgehead atoms. The third-order valence-corrected chi connectivity index (χ3v) is 3.68. The molecule has 0 fully saturated rings. The zero-order valence-electron chi connectivity index (χ0n) is 14.7. The molecule has 0 radical (unpaired) electrons. The predicted molar refractivity (Wildman–Crippen MR) is 94.4 cm³/mol. The van der Waals surface area contributed by atoms with Gasteiger partial charge >= 0.3 is 5.97 Å². The van der Waals surface area contributed by atoms with E-state index in [1.54, 1.807) is 7.11 Å². The summed E-state index contributed by atoms with van der Waals surface area (Å²) in [6.45, 7) is 3.79. The molecular formula is C19H23N2O4+. The standard InChI is InChI=1S/C19H22N2O4/c1-13-4-7-17(10-14(13)2)24-12-19(22)25-21-18(20)11-15-5-8-16(23-3)9-6-15/h4-10H,11-12H2,1-3H3,(H2,20,21)/p+1. The number of hydrogen-bond acceptors (Lipinski definition) is 4. The van der Waals surface area contributed by atoms with Crippen LogP contribution in [-0.4, -0.2) is 25.5 Å². The highest BCUT2D eigenvalue weighted by Crippen LogP contribution is 2.16. The lowest BCUT2D eigenvalue weighted by atomic mass is 10.1. The summed E-state index contributed by atoms with van der Waals surface area (Å²) < 4.78 is 10.5. The molecule has 132 valence electrons. The Morgan fingerprint density at radius 2 is 1.72 bits per heavy atom. The molecule has 6 heteroatoms. The maximum atomic E-state index is 11.7. The van der Waals surface area contributed by atoms with Crippen LogP contribution in [0.25, 0.3) is 0 Å². The third-order valence-electron chi connectivity index (χ3n) is 3.68. The average molecular weight is 343 g/mol. The van der Waals surface area contributed by atoms with E-state index in [0.717, 1.165) is 22.4 Å².